The Morgan fingerprint density at radius 2 is 1.67 bits per heavy atom. The summed E-state index contributed by atoms with van der Waals surface area (Å²) in [6.45, 7) is 11.5. The van der Waals surface area contributed by atoms with E-state index in [0.717, 1.165) is 38.8 Å². The molecule has 5 heteroatoms. The third-order valence-electron chi connectivity index (χ3n) is 5.27. The lowest BCUT2D eigenvalue weighted by atomic mass is 9.72. The van der Waals surface area contributed by atoms with Gasteiger partial charge >= 0.3 is 12.1 Å². The summed E-state index contributed by atoms with van der Waals surface area (Å²) >= 11 is 0. The largest absolute Gasteiger partial charge is 0.462 e. The van der Waals surface area contributed by atoms with E-state index >= 15 is 0 Å². The summed E-state index contributed by atoms with van der Waals surface area (Å²) in [7, 11) is 0. The Hall–Kier alpha value is -2.04. The smallest absolute Gasteiger partial charge is 0.410 e. The van der Waals surface area contributed by atoms with Gasteiger partial charge in [-0.1, -0.05) is 25.5 Å². The zero-order valence-corrected chi connectivity index (χ0v) is 17.3. The summed E-state index contributed by atoms with van der Waals surface area (Å²) in [4.78, 5) is 25.9. The molecule has 1 aromatic rings. The third-order valence-corrected chi connectivity index (χ3v) is 5.27. The molecule has 27 heavy (non-hydrogen) atoms. The number of hydrogen-bond donors (Lipinski definition) is 0. The molecule has 0 atom stereocenters. The molecule has 1 aliphatic heterocycles. The second-order valence-electron chi connectivity index (χ2n) is 8.42. The summed E-state index contributed by atoms with van der Waals surface area (Å²) in [5.74, 6) is -0.278. The number of esters is 1. The summed E-state index contributed by atoms with van der Waals surface area (Å²) in [5.41, 5.74) is 1.53. The van der Waals surface area contributed by atoms with E-state index in [1.165, 1.54) is 5.56 Å². The molecule has 0 aliphatic carbocycles. The maximum Gasteiger partial charge on any atom is 0.410 e. The number of benzene rings is 1. The van der Waals surface area contributed by atoms with Crippen molar-refractivity contribution in [3.63, 3.8) is 0 Å². The lowest BCUT2D eigenvalue weighted by Crippen LogP contribution is -2.45. The van der Waals surface area contributed by atoms with Crippen LogP contribution in [-0.2, 0) is 15.9 Å². The molecule has 1 aliphatic rings. The molecule has 5 nitrogen and oxygen atoms in total. The zero-order valence-electron chi connectivity index (χ0n) is 17.3. The number of ether oxygens (including phenoxy) is 2. The van der Waals surface area contributed by atoms with E-state index in [1.54, 1.807) is 6.92 Å². The van der Waals surface area contributed by atoms with E-state index in [-0.39, 0.29) is 17.5 Å². The first-order valence-electron chi connectivity index (χ1n) is 9.92. The fraction of sp³-hybridized carbons (Fsp3) is 0.636. The normalized spacial score (nSPS) is 16.7. The van der Waals surface area contributed by atoms with Crippen LogP contribution < -0.4 is 0 Å². The Labute approximate surface area is 163 Å². The Balaban J connectivity index is 1.97. The molecule has 0 N–H and O–H groups in total. The van der Waals surface area contributed by atoms with E-state index in [4.69, 9.17) is 9.47 Å². The van der Waals surface area contributed by atoms with Crippen LogP contribution in [-0.4, -0.2) is 42.3 Å². The molecule has 1 aromatic carbocycles. The average molecular weight is 376 g/mol. The van der Waals surface area contributed by atoms with Crippen LogP contribution in [0.3, 0.4) is 0 Å². The SMILES string of the molecule is CCOC(=O)c1ccc(CC2(CC)CCN(C(=O)OC(C)(C)C)CC2)cc1. The molecule has 150 valence electrons. The van der Waals surface area contributed by atoms with Crippen molar-refractivity contribution in [3.05, 3.63) is 35.4 Å². The highest BCUT2D eigenvalue weighted by atomic mass is 16.6. The molecule has 0 spiro atoms. The van der Waals surface area contributed by atoms with Crippen LogP contribution >= 0.6 is 0 Å². The van der Waals surface area contributed by atoms with Crippen LogP contribution in [0.25, 0.3) is 0 Å². The number of nitrogens with zero attached hydrogens (tertiary/aromatic N) is 1. The van der Waals surface area contributed by atoms with Crippen molar-refractivity contribution in [2.45, 2.75) is 65.9 Å². The second kappa shape index (κ2) is 8.77. The van der Waals surface area contributed by atoms with Gasteiger partial charge in [-0.3, -0.25) is 0 Å². The van der Waals surface area contributed by atoms with Gasteiger partial charge in [-0.05, 0) is 70.1 Å². The lowest BCUT2D eigenvalue weighted by molar-refractivity contribution is 0.00942. The number of likely N-dealkylation sites (tertiary alicyclic amines) is 1. The van der Waals surface area contributed by atoms with Crippen molar-refractivity contribution < 1.29 is 19.1 Å². The van der Waals surface area contributed by atoms with Crippen LogP contribution in [0, 0.1) is 5.41 Å². The first-order chi connectivity index (χ1) is 12.7. The van der Waals surface area contributed by atoms with E-state index in [2.05, 4.69) is 6.92 Å². The number of amides is 1. The predicted octanol–water partition coefficient (Wildman–Crippen LogP) is 4.83. The van der Waals surface area contributed by atoms with E-state index in [9.17, 15) is 9.59 Å². The molecule has 1 amide bonds. The molecule has 0 saturated carbocycles. The molecule has 0 bridgehead atoms. The van der Waals surface area contributed by atoms with Crippen LogP contribution in [0.1, 0.15) is 69.8 Å². The summed E-state index contributed by atoms with van der Waals surface area (Å²) in [6.07, 6.45) is 3.72. The Bertz CT molecular complexity index is 637. The summed E-state index contributed by atoms with van der Waals surface area (Å²) in [6, 6.07) is 7.72. The maximum atomic E-state index is 12.3. The van der Waals surface area contributed by atoms with Crippen LogP contribution in [0.5, 0.6) is 0 Å². The van der Waals surface area contributed by atoms with E-state index in [0.29, 0.717) is 12.2 Å². The fourth-order valence-corrected chi connectivity index (χ4v) is 3.55. The van der Waals surface area contributed by atoms with Crippen LogP contribution in [0.2, 0.25) is 0 Å². The molecular weight excluding hydrogens is 342 g/mol. The number of hydrogen-bond acceptors (Lipinski definition) is 4. The minimum atomic E-state index is -0.461. The standard InChI is InChI=1S/C22H33NO4/c1-6-22(12-14-23(15-13-22)20(25)27-21(3,4)5)16-17-8-10-18(11-9-17)19(24)26-7-2/h8-11H,6-7,12-16H2,1-5H3. The van der Waals surface area contributed by atoms with Crippen molar-refractivity contribution in [1.82, 2.24) is 4.90 Å². The van der Waals surface area contributed by atoms with Gasteiger partial charge in [0.15, 0.2) is 0 Å². The first-order valence-corrected chi connectivity index (χ1v) is 9.92. The number of rotatable bonds is 5. The van der Waals surface area contributed by atoms with Gasteiger partial charge in [0.05, 0.1) is 12.2 Å². The first kappa shape index (κ1) is 21.3. The Kier molecular flexibility index (Phi) is 6.90. The highest BCUT2D eigenvalue weighted by Crippen LogP contribution is 2.38. The molecular formula is C22H33NO4. The van der Waals surface area contributed by atoms with Gasteiger partial charge in [-0.25, -0.2) is 9.59 Å². The van der Waals surface area contributed by atoms with Gasteiger partial charge in [0.1, 0.15) is 5.60 Å². The second-order valence-corrected chi connectivity index (χ2v) is 8.42. The average Bonchev–Trinajstić information content (AvgIpc) is 2.61. The van der Waals surface area contributed by atoms with Gasteiger partial charge < -0.3 is 14.4 Å². The van der Waals surface area contributed by atoms with E-state index < -0.39 is 5.60 Å². The van der Waals surface area contributed by atoms with Gasteiger partial charge in [-0.2, -0.15) is 0 Å². The molecule has 1 fully saturated rings. The van der Waals surface area contributed by atoms with Crippen molar-refractivity contribution in [2.75, 3.05) is 19.7 Å². The fourth-order valence-electron chi connectivity index (χ4n) is 3.55. The van der Waals surface area contributed by atoms with Crippen molar-refractivity contribution >= 4 is 12.1 Å². The number of carbonyl (C=O) groups excluding carboxylic acids is 2. The van der Waals surface area contributed by atoms with Crippen molar-refractivity contribution in [1.29, 1.82) is 0 Å². The van der Waals surface area contributed by atoms with Gasteiger partial charge in [-0.15, -0.1) is 0 Å². The minimum Gasteiger partial charge on any atom is -0.462 e. The van der Waals surface area contributed by atoms with Gasteiger partial charge in [0.2, 0.25) is 0 Å². The zero-order chi connectivity index (χ0) is 20.1. The highest BCUT2D eigenvalue weighted by molar-refractivity contribution is 5.89. The Morgan fingerprint density at radius 3 is 2.15 bits per heavy atom. The third kappa shape index (κ3) is 5.98. The lowest BCUT2D eigenvalue weighted by Gasteiger charge is -2.42. The molecule has 0 radical (unpaired) electrons. The van der Waals surface area contributed by atoms with E-state index in [1.807, 2.05) is 49.9 Å². The van der Waals surface area contributed by atoms with Crippen molar-refractivity contribution in [2.24, 2.45) is 5.41 Å². The predicted molar refractivity (Wildman–Crippen MR) is 106 cm³/mol. The molecule has 1 saturated heterocycles. The molecule has 0 aromatic heterocycles. The monoisotopic (exact) mass is 375 g/mol. The quantitative estimate of drug-likeness (QED) is 0.692. The molecule has 1 heterocycles. The molecule has 2 rings (SSSR count). The summed E-state index contributed by atoms with van der Waals surface area (Å²) in [5, 5.41) is 0. The highest BCUT2D eigenvalue weighted by Gasteiger charge is 2.35. The summed E-state index contributed by atoms with van der Waals surface area (Å²) < 4.78 is 10.5. The molecule has 0 unspecified atom stereocenters. The Morgan fingerprint density at radius 1 is 1.07 bits per heavy atom. The van der Waals surface area contributed by atoms with Crippen LogP contribution in [0.15, 0.2) is 24.3 Å². The van der Waals surface area contributed by atoms with Crippen molar-refractivity contribution in [3.8, 4) is 0 Å². The van der Waals surface area contributed by atoms with Gasteiger partial charge in [0.25, 0.3) is 0 Å². The minimum absolute atomic E-state index is 0.184. The maximum absolute atomic E-state index is 12.3. The van der Waals surface area contributed by atoms with Crippen LogP contribution in [0.4, 0.5) is 4.79 Å². The number of piperidine rings is 1. The van der Waals surface area contributed by atoms with Gasteiger partial charge in [0, 0.05) is 13.1 Å². The number of carbonyl (C=O) groups is 2. The topological polar surface area (TPSA) is 55.8 Å².